The van der Waals surface area contributed by atoms with Crippen molar-refractivity contribution in [1.29, 1.82) is 0 Å². The van der Waals surface area contributed by atoms with Crippen LogP contribution in [0.1, 0.15) is 12.5 Å². The minimum atomic E-state index is -0.351. The number of hydrogen-bond donors (Lipinski definition) is 2. The monoisotopic (exact) mass is 206 g/mol. The molecule has 4 nitrogen and oxygen atoms in total. The Bertz CT molecular complexity index is 380. The van der Waals surface area contributed by atoms with E-state index < -0.39 is 0 Å². The van der Waals surface area contributed by atoms with Crippen LogP contribution >= 0.6 is 0 Å². The lowest BCUT2D eigenvalue weighted by atomic mass is 9.82. The van der Waals surface area contributed by atoms with E-state index in [4.69, 9.17) is 10.5 Å². The second-order valence-electron chi connectivity index (χ2n) is 4.12. The van der Waals surface area contributed by atoms with E-state index in [1.165, 1.54) is 0 Å². The number of cyclic esters (lactones) is 1. The van der Waals surface area contributed by atoms with Crippen molar-refractivity contribution in [1.82, 2.24) is 5.32 Å². The van der Waals surface area contributed by atoms with Gasteiger partial charge < -0.3 is 15.8 Å². The Hall–Kier alpha value is -1.71. The lowest BCUT2D eigenvalue weighted by Crippen LogP contribution is -2.48. The molecule has 1 fully saturated rings. The largest absolute Gasteiger partial charge is 0.449 e. The van der Waals surface area contributed by atoms with Crippen LogP contribution in [0.4, 0.5) is 10.5 Å². The summed E-state index contributed by atoms with van der Waals surface area (Å²) in [4.78, 5) is 10.9. The highest BCUT2D eigenvalue weighted by Gasteiger charge is 2.33. The van der Waals surface area contributed by atoms with Crippen LogP contribution in [0, 0.1) is 0 Å². The number of benzene rings is 1. The van der Waals surface area contributed by atoms with Crippen molar-refractivity contribution in [2.45, 2.75) is 12.3 Å². The van der Waals surface area contributed by atoms with Gasteiger partial charge in [-0.25, -0.2) is 4.79 Å². The quantitative estimate of drug-likeness (QED) is 0.680. The molecule has 1 heterocycles. The SMILES string of the molecule is CC1(c2cccc(N)c2)CNC(=O)OC1. The Labute approximate surface area is 88.4 Å². The van der Waals surface area contributed by atoms with Gasteiger partial charge in [-0.15, -0.1) is 0 Å². The normalized spacial score (nSPS) is 25.5. The topological polar surface area (TPSA) is 64.3 Å². The molecule has 0 saturated carbocycles. The number of nitrogen functional groups attached to an aromatic ring is 1. The molecule has 2 rings (SSSR count). The van der Waals surface area contributed by atoms with Crippen LogP contribution in [0.3, 0.4) is 0 Å². The number of nitrogens with one attached hydrogen (secondary N) is 1. The standard InChI is InChI=1S/C11H14N2O2/c1-11(6-13-10(14)15-7-11)8-3-2-4-9(12)5-8/h2-5H,6-7,12H2,1H3,(H,13,14). The molecule has 1 unspecified atom stereocenters. The van der Waals surface area contributed by atoms with Gasteiger partial charge in [-0.3, -0.25) is 0 Å². The molecule has 15 heavy (non-hydrogen) atoms. The van der Waals surface area contributed by atoms with E-state index in [1.54, 1.807) is 0 Å². The van der Waals surface area contributed by atoms with E-state index in [9.17, 15) is 4.79 Å². The lowest BCUT2D eigenvalue weighted by Gasteiger charge is -2.33. The fraction of sp³-hybridized carbons (Fsp3) is 0.364. The van der Waals surface area contributed by atoms with Crippen LogP contribution in [0.2, 0.25) is 0 Å². The molecule has 0 spiro atoms. The molecule has 0 radical (unpaired) electrons. The van der Waals surface area contributed by atoms with Crippen LogP contribution < -0.4 is 11.1 Å². The smallest absolute Gasteiger partial charge is 0.407 e. The highest BCUT2D eigenvalue weighted by Crippen LogP contribution is 2.27. The first-order chi connectivity index (χ1) is 7.10. The molecule has 80 valence electrons. The summed E-state index contributed by atoms with van der Waals surface area (Å²) in [5, 5.41) is 2.69. The third-order valence-electron chi connectivity index (χ3n) is 2.73. The number of hydrogen-bond acceptors (Lipinski definition) is 3. The number of anilines is 1. The number of nitrogens with two attached hydrogens (primary N) is 1. The Morgan fingerprint density at radius 1 is 1.53 bits per heavy atom. The minimum Gasteiger partial charge on any atom is -0.449 e. The van der Waals surface area contributed by atoms with E-state index in [0.29, 0.717) is 13.2 Å². The molecule has 0 aliphatic carbocycles. The van der Waals surface area contributed by atoms with E-state index in [-0.39, 0.29) is 11.5 Å². The molecule has 0 aromatic heterocycles. The van der Waals surface area contributed by atoms with Gasteiger partial charge in [0.05, 0.1) is 0 Å². The van der Waals surface area contributed by atoms with Crippen molar-refractivity contribution in [3.8, 4) is 0 Å². The molecule has 1 aliphatic rings. The lowest BCUT2D eigenvalue weighted by molar-refractivity contribution is 0.0930. The number of carbonyl (C=O) groups is 1. The molecule has 1 aromatic carbocycles. The maximum Gasteiger partial charge on any atom is 0.407 e. The summed E-state index contributed by atoms with van der Waals surface area (Å²) in [6, 6.07) is 7.67. The van der Waals surface area contributed by atoms with Gasteiger partial charge in [-0.2, -0.15) is 0 Å². The number of rotatable bonds is 1. The van der Waals surface area contributed by atoms with Gasteiger partial charge in [0.2, 0.25) is 0 Å². The molecule has 1 atom stereocenters. The van der Waals surface area contributed by atoms with Crippen LogP contribution in [0.5, 0.6) is 0 Å². The van der Waals surface area contributed by atoms with Crippen molar-refractivity contribution < 1.29 is 9.53 Å². The zero-order chi connectivity index (χ0) is 10.9. The number of carbonyl (C=O) groups excluding carboxylic acids is 1. The van der Waals surface area contributed by atoms with E-state index in [0.717, 1.165) is 11.3 Å². The Balaban J connectivity index is 2.25. The molecule has 1 aliphatic heterocycles. The zero-order valence-electron chi connectivity index (χ0n) is 8.62. The van der Waals surface area contributed by atoms with Gasteiger partial charge in [0.15, 0.2) is 0 Å². The predicted molar refractivity (Wildman–Crippen MR) is 57.6 cm³/mol. The first-order valence-corrected chi connectivity index (χ1v) is 4.87. The predicted octanol–water partition coefficient (Wildman–Crippen LogP) is 1.27. The van der Waals surface area contributed by atoms with Crippen molar-refractivity contribution >= 4 is 11.8 Å². The third-order valence-corrected chi connectivity index (χ3v) is 2.73. The fourth-order valence-electron chi connectivity index (χ4n) is 1.69. The van der Waals surface area contributed by atoms with Crippen molar-refractivity contribution in [2.75, 3.05) is 18.9 Å². The third kappa shape index (κ3) is 1.88. The van der Waals surface area contributed by atoms with Gasteiger partial charge in [-0.05, 0) is 17.7 Å². The Morgan fingerprint density at radius 2 is 2.33 bits per heavy atom. The van der Waals surface area contributed by atoms with Crippen molar-refractivity contribution in [3.63, 3.8) is 0 Å². The first-order valence-electron chi connectivity index (χ1n) is 4.87. The Kier molecular flexibility index (Phi) is 2.26. The van der Waals surface area contributed by atoms with Crippen LogP contribution in [-0.4, -0.2) is 19.2 Å². The average molecular weight is 206 g/mol. The van der Waals surface area contributed by atoms with Crippen molar-refractivity contribution in [2.24, 2.45) is 0 Å². The summed E-state index contributed by atoms with van der Waals surface area (Å²) in [7, 11) is 0. The second-order valence-corrected chi connectivity index (χ2v) is 4.12. The molecule has 3 N–H and O–H groups in total. The van der Waals surface area contributed by atoms with Gasteiger partial charge in [0, 0.05) is 17.6 Å². The van der Waals surface area contributed by atoms with Gasteiger partial charge in [-0.1, -0.05) is 19.1 Å². The van der Waals surface area contributed by atoms with Crippen LogP contribution in [0.15, 0.2) is 24.3 Å². The molecule has 4 heteroatoms. The summed E-state index contributed by atoms with van der Waals surface area (Å²) in [5.74, 6) is 0. The summed E-state index contributed by atoms with van der Waals surface area (Å²) < 4.78 is 5.00. The van der Waals surface area contributed by atoms with E-state index in [2.05, 4.69) is 5.32 Å². The summed E-state index contributed by atoms with van der Waals surface area (Å²) in [6.45, 7) is 3.01. The molecular weight excluding hydrogens is 192 g/mol. The average Bonchev–Trinajstić information content (AvgIpc) is 2.23. The van der Waals surface area contributed by atoms with Crippen molar-refractivity contribution in [3.05, 3.63) is 29.8 Å². The maximum atomic E-state index is 10.9. The Morgan fingerprint density at radius 3 is 2.93 bits per heavy atom. The molecular formula is C11H14N2O2. The molecule has 1 aromatic rings. The molecule has 1 amide bonds. The summed E-state index contributed by atoms with van der Waals surface area (Å²) >= 11 is 0. The highest BCUT2D eigenvalue weighted by molar-refractivity contribution is 5.68. The van der Waals surface area contributed by atoms with Crippen LogP contribution in [-0.2, 0) is 10.2 Å². The zero-order valence-corrected chi connectivity index (χ0v) is 8.62. The number of alkyl carbamates (subject to hydrolysis) is 1. The van der Waals surface area contributed by atoms with Gasteiger partial charge in [0.1, 0.15) is 6.61 Å². The highest BCUT2D eigenvalue weighted by atomic mass is 16.6. The van der Waals surface area contributed by atoms with Crippen LogP contribution in [0.25, 0.3) is 0 Å². The van der Waals surface area contributed by atoms with E-state index >= 15 is 0 Å². The second kappa shape index (κ2) is 3.46. The summed E-state index contributed by atoms with van der Waals surface area (Å²) in [5.41, 5.74) is 7.35. The van der Waals surface area contributed by atoms with Gasteiger partial charge >= 0.3 is 6.09 Å². The minimum absolute atomic E-state index is 0.191. The number of amides is 1. The molecule has 1 saturated heterocycles. The molecule has 0 bridgehead atoms. The maximum absolute atomic E-state index is 10.9. The first kappa shape index (κ1) is 9.83. The number of ether oxygens (including phenoxy) is 1. The van der Waals surface area contributed by atoms with Gasteiger partial charge in [0.25, 0.3) is 0 Å². The fourth-order valence-corrected chi connectivity index (χ4v) is 1.69. The summed E-state index contributed by atoms with van der Waals surface area (Å²) in [6.07, 6.45) is -0.351. The van der Waals surface area contributed by atoms with E-state index in [1.807, 2.05) is 31.2 Å².